The van der Waals surface area contributed by atoms with Crippen LogP contribution >= 0.6 is 0 Å². The number of nitrogens with one attached hydrogen (secondary N) is 1. The van der Waals surface area contributed by atoms with E-state index in [4.69, 9.17) is 0 Å². The number of hydrogen-bond donors (Lipinski definition) is 1. The van der Waals surface area contributed by atoms with Crippen LogP contribution in [0.4, 0.5) is 0 Å². The number of aryl methyl sites for hydroxylation is 1. The lowest BCUT2D eigenvalue weighted by Gasteiger charge is -2.38. The molecule has 1 aliphatic heterocycles. The highest BCUT2D eigenvalue weighted by atomic mass is 16.2. The average Bonchev–Trinajstić information content (AvgIpc) is 2.63. The highest BCUT2D eigenvalue weighted by molar-refractivity contribution is 5.83. The van der Waals surface area contributed by atoms with Gasteiger partial charge in [-0.3, -0.25) is 4.79 Å². The minimum Gasteiger partial charge on any atom is -0.348 e. The summed E-state index contributed by atoms with van der Waals surface area (Å²) in [4.78, 5) is 14.6. The van der Waals surface area contributed by atoms with Crippen LogP contribution in [-0.4, -0.2) is 38.0 Å². The van der Waals surface area contributed by atoms with Crippen LogP contribution in [-0.2, 0) is 11.2 Å². The fourth-order valence-electron chi connectivity index (χ4n) is 3.80. The Hall–Kier alpha value is -2.13. The second-order valence-electron chi connectivity index (χ2n) is 7.50. The summed E-state index contributed by atoms with van der Waals surface area (Å²) in [5.74, 6) is 0.238. The molecule has 1 heterocycles. The molecule has 0 unspecified atom stereocenters. The van der Waals surface area contributed by atoms with E-state index in [1.54, 1.807) is 4.90 Å². The van der Waals surface area contributed by atoms with Crippen LogP contribution in [0.1, 0.15) is 24.0 Å². The first-order chi connectivity index (χ1) is 12.0. The maximum absolute atomic E-state index is 12.8. The number of carbonyl (C=O) groups excluding carboxylic acids is 1. The zero-order valence-electron chi connectivity index (χ0n) is 15.5. The van der Waals surface area contributed by atoms with Crippen molar-refractivity contribution in [2.75, 3.05) is 27.2 Å². The van der Waals surface area contributed by atoms with Crippen LogP contribution in [0.2, 0.25) is 0 Å². The van der Waals surface area contributed by atoms with E-state index in [1.807, 2.05) is 14.1 Å². The van der Waals surface area contributed by atoms with Gasteiger partial charge in [-0.15, -0.1) is 0 Å². The molecule has 1 aliphatic rings. The summed E-state index contributed by atoms with van der Waals surface area (Å²) >= 11 is 0. The van der Waals surface area contributed by atoms with Crippen molar-refractivity contribution in [1.82, 2.24) is 10.2 Å². The van der Waals surface area contributed by atoms with Crippen LogP contribution in [0.3, 0.4) is 0 Å². The monoisotopic (exact) mass is 336 g/mol. The van der Waals surface area contributed by atoms with Crippen LogP contribution in [0.25, 0.3) is 11.1 Å². The third-order valence-corrected chi connectivity index (χ3v) is 5.21. The van der Waals surface area contributed by atoms with Crippen molar-refractivity contribution >= 4 is 5.91 Å². The molecule has 0 spiro atoms. The highest BCUT2D eigenvalue weighted by Gasteiger charge is 2.40. The number of nitrogens with zero attached hydrogens (tertiary/aromatic N) is 1. The van der Waals surface area contributed by atoms with Gasteiger partial charge in [-0.25, -0.2) is 0 Å². The average molecular weight is 336 g/mol. The molecule has 1 fully saturated rings. The third-order valence-electron chi connectivity index (χ3n) is 5.21. The first-order valence-corrected chi connectivity index (χ1v) is 9.09. The molecule has 0 aliphatic carbocycles. The van der Waals surface area contributed by atoms with E-state index >= 15 is 0 Å². The molecule has 3 rings (SSSR count). The number of amides is 1. The lowest BCUT2D eigenvalue weighted by atomic mass is 9.74. The van der Waals surface area contributed by atoms with E-state index in [0.29, 0.717) is 0 Å². The van der Waals surface area contributed by atoms with Crippen LogP contribution in [0.5, 0.6) is 0 Å². The molecule has 0 bridgehead atoms. The first kappa shape index (κ1) is 17.7. The molecule has 3 nitrogen and oxygen atoms in total. The Morgan fingerprint density at radius 1 is 1.04 bits per heavy atom. The van der Waals surface area contributed by atoms with E-state index in [1.165, 1.54) is 22.3 Å². The highest BCUT2D eigenvalue weighted by Crippen LogP contribution is 2.33. The van der Waals surface area contributed by atoms with E-state index < -0.39 is 0 Å². The van der Waals surface area contributed by atoms with Gasteiger partial charge in [-0.2, -0.15) is 0 Å². The standard InChI is InChI=1S/C22H28N2O/c1-17-5-9-19(10-6-17)20-11-7-18(8-12-20)15-22(21(25)24(2)3)13-4-14-23-16-22/h5-12,23H,4,13-16H2,1-3H3/t22-/m0/s1. The van der Waals surface area contributed by atoms with Gasteiger partial charge in [-0.1, -0.05) is 54.1 Å². The molecule has 2 aromatic carbocycles. The molecule has 1 atom stereocenters. The van der Waals surface area contributed by atoms with Gasteiger partial charge in [0.1, 0.15) is 0 Å². The summed E-state index contributed by atoms with van der Waals surface area (Å²) < 4.78 is 0. The molecule has 0 aromatic heterocycles. The van der Waals surface area contributed by atoms with Gasteiger partial charge in [0.25, 0.3) is 0 Å². The summed E-state index contributed by atoms with van der Waals surface area (Å²) in [6.45, 7) is 3.88. The quantitative estimate of drug-likeness (QED) is 0.924. The summed E-state index contributed by atoms with van der Waals surface area (Å²) in [7, 11) is 3.72. The van der Waals surface area contributed by atoms with Gasteiger partial charge in [0.2, 0.25) is 5.91 Å². The Morgan fingerprint density at radius 3 is 2.16 bits per heavy atom. The van der Waals surface area contributed by atoms with Crippen molar-refractivity contribution in [3.05, 3.63) is 59.7 Å². The fourth-order valence-corrected chi connectivity index (χ4v) is 3.80. The van der Waals surface area contributed by atoms with Gasteiger partial charge >= 0.3 is 0 Å². The predicted molar refractivity (Wildman–Crippen MR) is 104 cm³/mol. The molecule has 1 amide bonds. The van der Waals surface area contributed by atoms with Crippen LogP contribution < -0.4 is 5.32 Å². The Bertz CT molecular complexity index is 711. The van der Waals surface area contributed by atoms with Gasteiger partial charge in [0.05, 0.1) is 5.41 Å². The minimum atomic E-state index is -0.312. The molecule has 0 saturated carbocycles. The lowest BCUT2D eigenvalue weighted by Crippen LogP contribution is -2.51. The van der Waals surface area contributed by atoms with E-state index in [9.17, 15) is 4.79 Å². The smallest absolute Gasteiger partial charge is 0.229 e. The van der Waals surface area contributed by atoms with Gasteiger partial charge in [-0.05, 0) is 49.4 Å². The summed E-state index contributed by atoms with van der Waals surface area (Å²) in [6, 6.07) is 17.3. The third kappa shape index (κ3) is 3.93. The maximum Gasteiger partial charge on any atom is 0.229 e. The SMILES string of the molecule is Cc1ccc(-c2ccc(C[C@@]3(C(=O)N(C)C)CCCNC3)cc2)cc1. The second kappa shape index (κ2) is 7.40. The predicted octanol–water partition coefficient (Wildman–Crippen LogP) is 3.66. The Balaban J connectivity index is 1.81. The minimum absolute atomic E-state index is 0.238. The molecular weight excluding hydrogens is 308 g/mol. The van der Waals surface area contributed by atoms with Gasteiger partial charge < -0.3 is 10.2 Å². The molecule has 3 heteroatoms. The molecule has 0 radical (unpaired) electrons. The molecule has 1 saturated heterocycles. The molecule has 25 heavy (non-hydrogen) atoms. The maximum atomic E-state index is 12.8. The number of rotatable bonds is 4. The number of benzene rings is 2. The number of carbonyl (C=O) groups is 1. The van der Waals surface area contributed by atoms with Crippen molar-refractivity contribution in [2.24, 2.45) is 5.41 Å². The second-order valence-corrected chi connectivity index (χ2v) is 7.50. The molecule has 2 aromatic rings. The largest absolute Gasteiger partial charge is 0.348 e. The van der Waals surface area contributed by atoms with Gasteiger partial charge in [0, 0.05) is 20.6 Å². The Labute approximate surface area is 151 Å². The molecular formula is C22H28N2O. The van der Waals surface area contributed by atoms with Crippen LogP contribution in [0, 0.1) is 12.3 Å². The fraction of sp³-hybridized carbons (Fsp3) is 0.409. The van der Waals surface area contributed by atoms with Crippen molar-refractivity contribution in [3.8, 4) is 11.1 Å². The van der Waals surface area contributed by atoms with Crippen molar-refractivity contribution in [1.29, 1.82) is 0 Å². The van der Waals surface area contributed by atoms with E-state index in [2.05, 4.69) is 60.8 Å². The van der Waals surface area contributed by atoms with Gasteiger partial charge in [0.15, 0.2) is 0 Å². The summed E-state index contributed by atoms with van der Waals surface area (Å²) in [5, 5.41) is 3.43. The zero-order valence-corrected chi connectivity index (χ0v) is 15.5. The topological polar surface area (TPSA) is 32.3 Å². The van der Waals surface area contributed by atoms with Crippen LogP contribution in [0.15, 0.2) is 48.5 Å². The van der Waals surface area contributed by atoms with E-state index in [0.717, 1.165) is 32.4 Å². The molecule has 132 valence electrons. The Morgan fingerprint density at radius 2 is 1.64 bits per heavy atom. The van der Waals surface area contributed by atoms with Crippen molar-refractivity contribution in [3.63, 3.8) is 0 Å². The first-order valence-electron chi connectivity index (χ1n) is 9.09. The summed E-state index contributed by atoms with van der Waals surface area (Å²) in [5.41, 5.74) is 4.64. The number of hydrogen-bond acceptors (Lipinski definition) is 2. The normalized spacial score (nSPS) is 20.3. The van der Waals surface area contributed by atoms with E-state index in [-0.39, 0.29) is 11.3 Å². The summed E-state index contributed by atoms with van der Waals surface area (Å²) in [6.07, 6.45) is 2.81. The zero-order chi connectivity index (χ0) is 17.9. The van der Waals surface area contributed by atoms with Crippen molar-refractivity contribution < 1.29 is 4.79 Å². The number of piperidine rings is 1. The Kier molecular flexibility index (Phi) is 5.24. The van der Waals surface area contributed by atoms with Crippen molar-refractivity contribution in [2.45, 2.75) is 26.2 Å². The lowest BCUT2D eigenvalue weighted by molar-refractivity contribution is -0.140. The molecule has 1 N–H and O–H groups in total.